The van der Waals surface area contributed by atoms with Gasteiger partial charge < -0.3 is 10.2 Å². The van der Waals surface area contributed by atoms with E-state index in [1.165, 1.54) is 44.2 Å². The predicted octanol–water partition coefficient (Wildman–Crippen LogP) is 3.95. The van der Waals surface area contributed by atoms with Crippen molar-refractivity contribution in [2.24, 2.45) is 0 Å². The molecule has 118 valence electrons. The van der Waals surface area contributed by atoms with Crippen LogP contribution in [0, 0.1) is 0 Å². The highest BCUT2D eigenvalue weighted by molar-refractivity contribution is 5.35. The lowest BCUT2D eigenvalue weighted by Gasteiger charge is -2.22. The van der Waals surface area contributed by atoms with Crippen LogP contribution in [0.5, 0.6) is 0 Å². The zero-order chi connectivity index (χ0) is 15.2. The van der Waals surface area contributed by atoms with E-state index in [1.54, 1.807) is 11.1 Å². The highest BCUT2D eigenvalue weighted by Gasteiger charge is 2.12. The Kier molecular flexibility index (Phi) is 6.25. The van der Waals surface area contributed by atoms with E-state index in [0.717, 1.165) is 6.54 Å². The number of fused-ring (bicyclic) bond motifs is 1. The van der Waals surface area contributed by atoms with Gasteiger partial charge in [-0.2, -0.15) is 0 Å². The lowest BCUT2D eigenvalue weighted by molar-refractivity contribution is 0.268. The summed E-state index contributed by atoms with van der Waals surface area (Å²) in [6.07, 6.45) is 6.49. The van der Waals surface area contributed by atoms with Crippen molar-refractivity contribution in [1.82, 2.24) is 10.2 Å². The fourth-order valence-corrected chi connectivity index (χ4v) is 3.05. The van der Waals surface area contributed by atoms with Crippen LogP contribution >= 0.6 is 0 Å². The summed E-state index contributed by atoms with van der Waals surface area (Å²) in [4.78, 5) is 2.41. The molecule has 21 heavy (non-hydrogen) atoms. The second-order valence-electron chi connectivity index (χ2n) is 6.84. The standard InChI is InChI=1S/C19H32N2/c1-15(2)21(4)13-7-12-20-16(3)18-11-10-17-8-5-6-9-19(17)14-18/h10-11,14-16,20H,5-9,12-13H2,1-4H3. The smallest absolute Gasteiger partial charge is 0.0291 e. The van der Waals surface area contributed by atoms with Gasteiger partial charge in [0, 0.05) is 12.1 Å². The first kappa shape index (κ1) is 16.5. The topological polar surface area (TPSA) is 15.3 Å². The van der Waals surface area contributed by atoms with Crippen molar-refractivity contribution >= 4 is 0 Å². The van der Waals surface area contributed by atoms with Gasteiger partial charge in [-0.05, 0) is 89.7 Å². The lowest BCUT2D eigenvalue weighted by Crippen LogP contribution is -2.30. The minimum atomic E-state index is 0.460. The van der Waals surface area contributed by atoms with Gasteiger partial charge >= 0.3 is 0 Å². The molecule has 1 aromatic carbocycles. The van der Waals surface area contributed by atoms with Gasteiger partial charge in [0.05, 0.1) is 0 Å². The normalized spacial score (nSPS) is 16.3. The Morgan fingerprint density at radius 1 is 1.10 bits per heavy atom. The minimum Gasteiger partial charge on any atom is -0.310 e. The van der Waals surface area contributed by atoms with Crippen molar-refractivity contribution in [3.8, 4) is 0 Å². The Balaban J connectivity index is 1.79. The van der Waals surface area contributed by atoms with Crippen LogP contribution in [0.1, 0.15) is 62.8 Å². The van der Waals surface area contributed by atoms with Crippen molar-refractivity contribution in [3.05, 3.63) is 34.9 Å². The highest BCUT2D eigenvalue weighted by atomic mass is 15.1. The van der Waals surface area contributed by atoms with E-state index < -0.39 is 0 Å². The molecule has 0 aliphatic heterocycles. The summed E-state index contributed by atoms with van der Waals surface area (Å²) in [5, 5.41) is 3.67. The Labute approximate surface area is 130 Å². The van der Waals surface area contributed by atoms with Gasteiger partial charge in [-0.15, -0.1) is 0 Å². The van der Waals surface area contributed by atoms with Crippen LogP contribution in [0.2, 0.25) is 0 Å². The molecule has 0 saturated carbocycles. The minimum absolute atomic E-state index is 0.460. The molecule has 2 rings (SSSR count). The Morgan fingerprint density at radius 2 is 1.81 bits per heavy atom. The van der Waals surface area contributed by atoms with E-state index in [2.05, 4.69) is 56.2 Å². The Bertz CT molecular complexity index is 439. The van der Waals surface area contributed by atoms with Gasteiger partial charge in [-0.3, -0.25) is 0 Å². The number of benzene rings is 1. The summed E-state index contributed by atoms with van der Waals surface area (Å²) in [6.45, 7) is 9.06. The van der Waals surface area contributed by atoms with E-state index in [4.69, 9.17) is 0 Å². The molecule has 1 atom stereocenters. The fourth-order valence-electron chi connectivity index (χ4n) is 3.05. The summed E-state index contributed by atoms with van der Waals surface area (Å²) in [5.41, 5.74) is 4.62. The molecule has 0 radical (unpaired) electrons. The zero-order valence-electron chi connectivity index (χ0n) is 14.3. The van der Waals surface area contributed by atoms with Crippen LogP contribution in [0.4, 0.5) is 0 Å². The quantitative estimate of drug-likeness (QED) is 0.764. The van der Waals surface area contributed by atoms with Gasteiger partial charge in [0.1, 0.15) is 0 Å². The number of nitrogens with one attached hydrogen (secondary N) is 1. The Hall–Kier alpha value is -0.860. The molecule has 1 aliphatic carbocycles. The van der Waals surface area contributed by atoms with E-state index in [-0.39, 0.29) is 0 Å². The van der Waals surface area contributed by atoms with Gasteiger partial charge in [0.25, 0.3) is 0 Å². The first-order valence-corrected chi connectivity index (χ1v) is 8.63. The number of aryl methyl sites for hydroxylation is 2. The summed E-state index contributed by atoms with van der Waals surface area (Å²) in [5.74, 6) is 0. The van der Waals surface area contributed by atoms with E-state index in [0.29, 0.717) is 12.1 Å². The first-order valence-electron chi connectivity index (χ1n) is 8.63. The number of hydrogen-bond donors (Lipinski definition) is 1. The second-order valence-corrected chi connectivity index (χ2v) is 6.84. The number of hydrogen-bond acceptors (Lipinski definition) is 2. The van der Waals surface area contributed by atoms with Crippen molar-refractivity contribution < 1.29 is 0 Å². The van der Waals surface area contributed by atoms with Crippen LogP contribution in [-0.4, -0.2) is 31.1 Å². The molecule has 0 fully saturated rings. The maximum atomic E-state index is 3.67. The molecule has 0 heterocycles. The van der Waals surface area contributed by atoms with Gasteiger partial charge in [0.2, 0.25) is 0 Å². The molecule has 1 aromatic rings. The molecule has 0 spiro atoms. The van der Waals surface area contributed by atoms with Crippen LogP contribution in [0.3, 0.4) is 0 Å². The van der Waals surface area contributed by atoms with E-state index >= 15 is 0 Å². The summed E-state index contributed by atoms with van der Waals surface area (Å²) < 4.78 is 0. The second kappa shape index (κ2) is 7.95. The van der Waals surface area contributed by atoms with E-state index in [1.807, 2.05) is 0 Å². The van der Waals surface area contributed by atoms with Crippen LogP contribution < -0.4 is 5.32 Å². The Morgan fingerprint density at radius 3 is 2.52 bits per heavy atom. The van der Waals surface area contributed by atoms with Crippen LogP contribution in [-0.2, 0) is 12.8 Å². The van der Waals surface area contributed by atoms with E-state index in [9.17, 15) is 0 Å². The molecule has 0 bridgehead atoms. The highest BCUT2D eigenvalue weighted by Crippen LogP contribution is 2.24. The SMILES string of the molecule is CC(NCCCN(C)C(C)C)c1ccc2c(c1)CCCC2. The van der Waals surface area contributed by atoms with Crippen molar-refractivity contribution in [2.75, 3.05) is 20.1 Å². The summed E-state index contributed by atoms with van der Waals surface area (Å²) in [6, 6.07) is 8.22. The van der Waals surface area contributed by atoms with Crippen molar-refractivity contribution in [2.45, 2.75) is 65.0 Å². The molecule has 0 saturated heterocycles. The van der Waals surface area contributed by atoms with Gasteiger partial charge in [-0.25, -0.2) is 0 Å². The fraction of sp³-hybridized carbons (Fsp3) is 0.684. The van der Waals surface area contributed by atoms with Crippen molar-refractivity contribution in [3.63, 3.8) is 0 Å². The zero-order valence-corrected chi connectivity index (χ0v) is 14.3. The lowest BCUT2D eigenvalue weighted by atomic mass is 9.89. The predicted molar refractivity (Wildman–Crippen MR) is 91.9 cm³/mol. The molecule has 1 N–H and O–H groups in total. The number of rotatable bonds is 7. The third-order valence-corrected chi connectivity index (χ3v) is 4.89. The molecule has 0 amide bonds. The maximum absolute atomic E-state index is 3.67. The molecule has 1 aliphatic rings. The number of nitrogens with zero attached hydrogens (tertiary/aromatic N) is 1. The monoisotopic (exact) mass is 288 g/mol. The molecule has 1 unspecified atom stereocenters. The maximum Gasteiger partial charge on any atom is 0.0291 e. The largest absolute Gasteiger partial charge is 0.310 e. The first-order chi connectivity index (χ1) is 10.1. The summed E-state index contributed by atoms with van der Waals surface area (Å²) >= 11 is 0. The molecule has 0 aromatic heterocycles. The molecular weight excluding hydrogens is 256 g/mol. The molecular formula is C19H32N2. The van der Waals surface area contributed by atoms with Gasteiger partial charge in [-0.1, -0.05) is 18.2 Å². The third kappa shape index (κ3) is 4.82. The van der Waals surface area contributed by atoms with Crippen LogP contribution in [0.25, 0.3) is 0 Å². The van der Waals surface area contributed by atoms with Crippen LogP contribution in [0.15, 0.2) is 18.2 Å². The average molecular weight is 288 g/mol. The summed E-state index contributed by atoms with van der Waals surface area (Å²) in [7, 11) is 2.21. The molecule has 2 heteroatoms. The average Bonchev–Trinajstić information content (AvgIpc) is 2.50. The molecule has 2 nitrogen and oxygen atoms in total. The third-order valence-electron chi connectivity index (χ3n) is 4.89. The van der Waals surface area contributed by atoms with Gasteiger partial charge in [0.15, 0.2) is 0 Å². The van der Waals surface area contributed by atoms with Crippen molar-refractivity contribution in [1.29, 1.82) is 0 Å².